The zero-order chi connectivity index (χ0) is 57.9. The molecule has 79 heavy (non-hydrogen) atoms. The average Bonchev–Trinajstić information content (AvgIpc) is 3.41. The zero-order valence-corrected chi connectivity index (χ0v) is 53.5. The molecular formula is C69H127N2O7P. The second kappa shape index (κ2) is 58.6. The van der Waals surface area contributed by atoms with Crippen molar-refractivity contribution in [2.24, 2.45) is 0 Å². The summed E-state index contributed by atoms with van der Waals surface area (Å²) >= 11 is 0. The highest BCUT2D eigenvalue weighted by atomic mass is 31.2. The molecule has 0 bridgehead atoms. The number of esters is 1. The molecule has 3 atom stereocenters. The van der Waals surface area contributed by atoms with Gasteiger partial charge in [-0.05, 0) is 96.0 Å². The molecule has 0 aromatic carbocycles. The van der Waals surface area contributed by atoms with Crippen LogP contribution in [0.1, 0.15) is 303 Å². The fourth-order valence-corrected chi connectivity index (χ4v) is 10.2. The van der Waals surface area contributed by atoms with Crippen molar-refractivity contribution in [3.05, 3.63) is 72.9 Å². The van der Waals surface area contributed by atoms with E-state index in [1.54, 1.807) is 0 Å². The van der Waals surface area contributed by atoms with E-state index in [0.717, 1.165) is 89.9 Å². The van der Waals surface area contributed by atoms with Crippen molar-refractivity contribution >= 4 is 19.7 Å². The molecule has 0 aromatic rings. The molecule has 0 aliphatic carbocycles. The molecular weight excluding hydrogens is 1000 g/mol. The van der Waals surface area contributed by atoms with Gasteiger partial charge >= 0.3 is 5.97 Å². The minimum atomic E-state index is -4.71. The van der Waals surface area contributed by atoms with E-state index in [-0.39, 0.29) is 24.9 Å². The van der Waals surface area contributed by atoms with Crippen molar-refractivity contribution in [1.82, 2.24) is 5.32 Å². The van der Waals surface area contributed by atoms with Crippen LogP contribution in [-0.4, -0.2) is 69.4 Å². The number of unbranched alkanes of at least 4 members (excludes halogenated alkanes) is 34. The second-order valence-electron chi connectivity index (χ2n) is 23.6. The van der Waals surface area contributed by atoms with E-state index in [0.29, 0.717) is 23.9 Å². The molecule has 0 saturated heterocycles. The normalized spacial score (nSPS) is 14.1. The van der Waals surface area contributed by atoms with E-state index in [4.69, 9.17) is 13.8 Å². The molecule has 0 fully saturated rings. The molecule has 0 saturated carbocycles. The number of carbonyl (C=O) groups is 2. The Labute approximate surface area is 489 Å². The largest absolute Gasteiger partial charge is 0.756 e. The Morgan fingerprint density at radius 2 is 0.810 bits per heavy atom. The van der Waals surface area contributed by atoms with E-state index in [1.807, 2.05) is 33.3 Å². The molecule has 9 nitrogen and oxygen atoms in total. The molecule has 3 unspecified atom stereocenters. The number of carbonyl (C=O) groups excluding carboxylic acids is 2. The summed E-state index contributed by atoms with van der Waals surface area (Å²) in [7, 11) is 1.17. The number of quaternary nitrogens is 1. The van der Waals surface area contributed by atoms with Gasteiger partial charge in [0, 0.05) is 12.8 Å². The lowest BCUT2D eigenvalue weighted by Gasteiger charge is -2.30. The van der Waals surface area contributed by atoms with Gasteiger partial charge in [-0.15, -0.1) is 0 Å². The lowest BCUT2D eigenvalue weighted by Crippen LogP contribution is -2.47. The van der Waals surface area contributed by atoms with E-state index in [9.17, 15) is 19.0 Å². The van der Waals surface area contributed by atoms with Crippen LogP contribution in [0.15, 0.2) is 72.9 Å². The lowest BCUT2D eigenvalue weighted by molar-refractivity contribution is -0.870. The Kier molecular flexibility index (Phi) is 56.7. The van der Waals surface area contributed by atoms with Crippen LogP contribution in [-0.2, 0) is 27.9 Å². The van der Waals surface area contributed by atoms with Crippen LogP contribution in [0, 0.1) is 0 Å². The van der Waals surface area contributed by atoms with Crippen molar-refractivity contribution in [2.45, 2.75) is 315 Å². The Balaban J connectivity index is 5.02. The van der Waals surface area contributed by atoms with Gasteiger partial charge in [-0.25, -0.2) is 0 Å². The van der Waals surface area contributed by atoms with E-state index in [2.05, 4.69) is 86.8 Å². The summed E-state index contributed by atoms with van der Waals surface area (Å²) < 4.78 is 30.3. The number of hydrogen-bond acceptors (Lipinski definition) is 7. The van der Waals surface area contributed by atoms with Crippen molar-refractivity contribution in [3.8, 4) is 0 Å². The van der Waals surface area contributed by atoms with Crippen molar-refractivity contribution in [1.29, 1.82) is 0 Å². The van der Waals surface area contributed by atoms with Crippen LogP contribution in [0.2, 0.25) is 0 Å². The van der Waals surface area contributed by atoms with Gasteiger partial charge in [0.25, 0.3) is 7.82 Å². The topological polar surface area (TPSA) is 114 Å². The minimum absolute atomic E-state index is 0.0271. The Bertz CT molecular complexity index is 1580. The summed E-state index contributed by atoms with van der Waals surface area (Å²) in [5.74, 6) is -0.560. The average molecular weight is 1130 g/mol. The van der Waals surface area contributed by atoms with Gasteiger partial charge in [-0.3, -0.25) is 14.2 Å². The molecule has 460 valence electrons. The first-order valence-corrected chi connectivity index (χ1v) is 34.7. The number of ether oxygens (including phenoxy) is 1. The third-order valence-electron chi connectivity index (χ3n) is 14.6. The monoisotopic (exact) mass is 1130 g/mol. The summed E-state index contributed by atoms with van der Waals surface area (Å²) in [5, 5.41) is 3.03. The molecule has 1 N–H and O–H groups in total. The first-order chi connectivity index (χ1) is 38.4. The Morgan fingerprint density at radius 1 is 0.456 bits per heavy atom. The Morgan fingerprint density at radius 3 is 1.24 bits per heavy atom. The van der Waals surface area contributed by atoms with Gasteiger partial charge in [0.15, 0.2) is 0 Å². The van der Waals surface area contributed by atoms with Gasteiger partial charge in [0.1, 0.15) is 19.3 Å². The Hall–Kier alpha value is -2.55. The summed E-state index contributed by atoms with van der Waals surface area (Å²) in [6.07, 6.45) is 76.0. The van der Waals surface area contributed by atoms with Crippen LogP contribution in [0.5, 0.6) is 0 Å². The van der Waals surface area contributed by atoms with Crippen LogP contribution >= 0.6 is 7.82 Å². The number of nitrogens with one attached hydrogen (secondary N) is 1. The molecule has 0 aliphatic rings. The number of phosphoric acid groups is 1. The molecule has 0 spiro atoms. The van der Waals surface area contributed by atoms with Crippen LogP contribution < -0.4 is 10.2 Å². The molecule has 10 heteroatoms. The number of likely N-dealkylation sites (N-methyl/N-ethyl adjacent to an activating group) is 1. The van der Waals surface area contributed by atoms with Crippen LogP contribution in [0.25, 0.3) is 0 Å². The van der Waals surface area contributed by atoms with Gasteiger partial charge < -0.3 is 28.5 Å². The fraction of sp³-hybridized carbons (Fsp3) is 0.797. The van der Waals surface area contributed by atoms with E-state index in [1.165, 1.54) is 173 Å². The van der Waals surface area contributed by atoms with Crippen molar-refractivity contribution in [3.63, 3.8) is 0 Å². The number of allylic oxidation sites excluding steroid dienone is 11. The van der Waals surface area contributed by atoms with Crippen molar-refractivity contribution < 1.29 is 37.3 Å². The molecule has 0 aliphatic heterocycles. The lowest BCUT2D eigenvalue weighted by atomic mass is 10.0. The zero-order valence-electron chi connectivity index (χ0n) is 52.6. The quantitative estimate of drug-likeness (QED) is 0.0212. The van der Waals surface area contributed by atoms with Crippen LogP contribution in [0.4, 0.5) is 0 Å². The maximum atomic E-state index is 13.6. The second-order valence-corrected chi connectivity index (χ2v) is 25.0. The molecule has 0 aromatic heterocycles. The SMILES string of the molecule is CC/C=C/C/C=C/C/C=C/CCCCCCC(=O)OC(/C=C\CCCCCCCCCCCC)C(COP(=O)([O-])OCC[N+](C)(C)C)NC(=O)CCCCCCCCCCCCCCCCCCC/C=C\C/C=C\CCCCC. The van der Waals surface area contributed by atoms with Gasteiger partial charge in [0.2, 0.25) is 5.91 Å². The van der Waals surface area contributed by atoms with Crippen LogP contribution in [0.3, 0.4) is 0 Å². The predicted molar refractivity (Wildman–Crippen MR) is 339 cm³/mol. The number of phosphoric ester groups is 1. The molecule has 0 heterocycles. The standard InChI is InChI=1S/C69H127N2O7P/c1-7-10-13-16-19-22-25-28-30-31-32-33-34-35-36-37-38-39-40-41-42-43-46-49-52-55-58-61-68(72)70-66(65-77-79(74,75)76-64-63-71(4,5)6)67(60-57-54-51-48-45-27-24-21-18-15-12-9-3)78-69(73)62-59-56-53-50-47-44-29-26-23-20-17-14-11-8-2/h11,14,19-20,22-23,28-30,44,57,60,66-67H,7-10,12-13,15-18,21,24-27,31-43,45-56,58-59,61-65H2,1-6H3,(H-,70,72,74,75)/b14-11+,22-19-,23-20+,30-28-,44-29+,60-57-. The highest BCUT2D eigenvalue weighted by molar-refractivity contribution is 7.45. The smallest absolute Gasteiger partial charge is 0.306 e. The first kappa shape index (κ1) is 76.5. The highest BCUT2D eigenvalue weighted by Gasteiger charge is 2.27. The number of hydrogen-bond donors (Lipinski definition) is 1. The first-order valence-electron chi connectivity index (χ1n) is 33.2. The van der Waals surface area contributed by atoms with Gasteiger partial charge in [-0.1, -0.05) is 267 Å². The summed E-state index contributed by atoms with van der Waals surface area (Å²) in [5.41, 5.74) is 0. The summed E-state index contributed by atoms with van der Waals surface area (Å²) in [4.78, 5) is 40.0. The number of rotatable bonds is 60. The minimum Gasteiger partial charge on any atom is -0.756 e. The fourth-order valence-electron chi connectivity index (χ4n) is 9.51. The van der Waals surface area contributed by atoms with Gasteiger partial charge in [0.05, 0.1) is 33.8 Å². The molecule has 0 rings (SSSR count). The maximum Gasteiger partial charge on any atom is 0.306 e. The van der Waals surface area contributed by atoms with E-state index >= 15 is 0 Å². The van der Waals surface area contributed by atoms with Crippen molar-refractivity contribution in [2.75, 3.05) is 40.9 Å². The summed E-state index contributed by atoms with van der Waals surface area (Å²) in [6, 6.07) is -0.899. The third kappa shape index (κ3) is 59.9. The number of nitrogens with zero attached hydrogens (tertiary/aromatic N) is 1. The number of amides is 1. The molecule has 1 amide bonds. The predicted octanol–water partition coefficient (Wildman–Crippen LogP) is 20.2. The summed E-state index contributed by atoms with van der Waals surface area (Å²) in [6.45, 7) is 6.71. The van der Waals surface area contributed by atoms with E-state index < -0.39 is 26.6 Å². The molecule has 0 radical (unpaired) electrons. The third-order valence-corrected chi connectivity index (χ3v) is 15.6. The highest BCUT2D eigenvalue weighted by Crippen LogP contribution is 2.38. The maximum absolute atomic E-state index is 13.6. The van der Waals surface area contributed by atoms with Gasteiger partial charge in [-0.2, -0.15) is 0 Å².